The van der Waals surface area contributed by atoms with Gasteiger partial charge in [-0.2, -0.15) is 0 Å². The van der Waals surface area contributed by atoms with Gasteiger partial charge in [-0.15, -0.1) is 5.10 Å². The first-order chi connectivity index (χ1) is 11.3. The molecular weight excluding hydrogens is 308 g/mol. The molecular formula is C16H22N6S. The van der Waals surface area contributed by atoms with Gasteiger partial charge >= 0.3 is 0 Å². The molecule has 0 fully saturated rings. The lowest BCUT2D eigenvalue weighted by Gasteiger charge is -2.03. The molecule has 1 aromatic carbocycles. The minimum Gasteiger partial charge on any atom is -0.347 e. The highest BCUT2D eigenvalue weighted by molar-refractivity contribution is 7.99. The number of tetrazole rings is 1. The van der Waals surface area contributed by atoms with E-state index in [1.165, 1.54) is 16.5 Å². The highest BCUT2D eigenvalue weighted by Gasteiger charge is 2.06. The summed E-state index contributed by atoms with van der Waals surface area (Å²) < 4.78 is 4.01. The number of fused-ring (bicyclic) bond motifs is 1. The van der Waals surface area contributed by atoms with Gasteiger partial charge in [0.25, 0.3) is 0 Å². The number of thioether (sulfide) groups is 1. The summed E-state index contributed by atoms with van der Waals surface area (Å²) in [4.78, 5) is 0. The van der Waals surface area contributed by atoms with E-state index >= 15 is 0 Å². The van der Waals surface area contributed by atoms with Crippen LogP contribution < -0.4 is 5.32 Å². The van der Waals surface area contributed by atoms with Crippen LogP contribution in [0.2, 0.25) is 0 Å². The molecule has 23 heavy (non-hydrogen) atoms. The summed E-state index contributed by atoms with van der Waals surface area (Å²) in [6.45, 7) is 5.08. The highest BCUT2D eigenvalue weighted by Crippen LogP contribution is 2.21. The molecule has 7 heteroatoms. The average molecular weight is 330 g/mol. The zero-order valence-corrected chi connectivity index (χ0v) is 14.4. The Hall–Kier alpha value is -1.86. The molecule has 2 aromatic heterocycles. The molecule has 3 rings (SSSR count). The first-order valence-corrected chi connectivity index (χ1v) is 8.90. The predicted molar refractivity (Wildman–Crippen MR) is 93.5 cm³/mol. The summed E-state index contributed by atoms with van der Waals surface area (Å²) in [5.41, 5.74) is 2.68. The summed E-state index contributed by atoms with van der Waals surface area (Å²) in [6, 6.07) is 8.60. The Kier molecular flexibility index (Phi) is 5.30. The van der Waals surface area contributed by atoms with Gasteiger partial charge in [-0.3, -0.25) is 0 Å². The van der Waals surface area contributed by atoms with Crippen LogP contribution in [0.1, 0.15) is 18.9 Å². The van der Waals surface area contributed by atoms with Gasteiger partial charge in [0.15, 0.2) is 0 Å². The number of rotatable bonds is 8. The van der Waals surface area contributed by atoms with Crippen LogP contribution in [0.15, 0.2) is 35.6 Å². The molecule has 0 aliphatic heterocycles. The lowest BCUT2D eigenvalue weighted by Crippen LogP contribution is -2.15. The fourth-order valence-corrected chi connectivity index (χ4v) is 3.44. The Morgan fingerprint density at radius 1 is 1.26 bits per heavy atom. The lowest BCUT2D eigenvalue weighted by atomic mass is 10.2. The van der Waals surface area contributed by atoms with Crippen LogP contribution in [-0.4, -0.2) is 37.1 Å². The molecule has 1 N–H and O–H groups in total. The molecule has 0 radical (unpaired) electrons. The number of para-hydroxylation sites is 1. The van der Waals surface area contributed by atoms with Crippen molar-refractivity contribution in [2.24, 2.45) is 7.05 Å². The Morgan fingerprint density at radius 3 is 2.91 bits per heavy atom. The summed E-state index contributed by atoms with van der Waals surface area (Å²) in [5, 5.41) is 17.2. The Balaban J connectivity index is 1.47. The van der Waals surface area contributed by atoms with Gasteiger partial charge in [-0.1, -0.05) is 30.0 Å². The molecule has 0 unspecified atom stereocenters. The minimum absolute atomic E-state index is 0.871. The van der Waals surface area contributed by atoms with E-state index < -0.39 is 0 Å². The van der Waals surface area contributed by atoms with Crippen molar-refractivity contribution >= 4 is 22.7 Å². The van der Waals surface area contributed by atoms with Crippen LogP contribution >= 0.6 is 11.8 Å². The smallest absolute Gasteiger partial charge is 0.209 e. The Morgan fingerprint density at radius 2 is 2.13 bits per heavy atom. The summed E-state index contributed by atoms with van der Waals surface area (Å²) >= 11 is 1.69. The third kappa shape index (κ3) is 3.73. The average Bonchev–Trinajstić information content (AvgIpc) is 3.14. The van der Waals surface area contributed by atoms with Gasteiger partial charge < -0.3 is 9.88 Å². The van der Waals surface area contributed by atoms with Gasteiger partial charge in [-0.05, 0) is 41.9 Å². The number of hydrogen-bond donors (Lipinski definition) is 1. The Labute approximate surface area is 140 Å². The predicted octanol–water partition coefficient (Wildman–Crippen LogP) is 2.46. The zero-order chi connectivity index (χ0) is 16.1. The number of aromatic nitrogens is 5. The van der Waals surface area contributed by atoms with Crippen molar-refractivity contribution in [1.82, 2.24) is 30.1 Å². The van der Waals surface area contributed by atoms with E-state index in [4.69, 9.17) is 0 Å². The van der Waals surface area contributed by atoms with Gasteiger partial charge in [0.05, 0.1) is 0 Å². The van der Waals surface area contributed by atoms with Crippen molar-refractivity contribution in [1.29, 1.82) is 0 Å². The van der Waals surface area contributed by atoms with E-state index in [0.29, 0.717) is 0 Å². The van der Waals surface area contributed by atoms with Crippen LogP contribution in [-0.2, 0) is 20.1 Å². The minimum atomic E-state index is 0.871. The maximum absolute atomic E-state index is 3.97. The maximum Gasteiger partial charge on any atom is 0.209 e. The fraction of sp³-hybridized carbons (Fsp3) is 0.438. The van der Waals surface area contributed by atoms with Gasteiger partial charge in [0.2, 0.25) is 5.16 Å². The van der Waals surface area contributed by atoms with E-state index in [9.17, 15) is 0 Å². The quantitative estimate of drug-likeness (QED) is 0.508. The topological polar surface area (TPSA) is 60.6 Å². The van der Waals surface area contributed by atoms with Crippen molar-refractivity contribution in [3.8, 4) is 0 Å². The molecule has 122 valence electrons. The van der Waals surface area contributed by atoms with Crippen LogP contribution in [0.25, 0.3) is 10.9 Å². The number of aryl methyl sites for hydroxylation is 2. The zero-order valence-electron chi connectivity index (χ0n) is 13.6. The number of benzene rings is 1. The molecule has 0 atom stereocenters. The van der Waals surface area contributed by atoms with E-state index in [0.717, 1.165) is 37.0 Å². The van der Waals surface area contributed by atoms with Crippen LogP contribution in [0, 0.1) is 0 Å². The largest absolute Gasteiger partial charge is 0.347 e. The molecule has 0 saturated heterocycles. The highest BCUT2D eigenvalue weighted by atomic mass is 32.2. The van der Waals surface area contributed by atoms with Crippen molar-refractivity contribution in [3.63, 3.8) is 0 Å². The molecule has 0 aliphatic rings. The van der Waals surface area contributed by atoms with Crippen molar-refractivity contribution in [3.05, 3.63) is 36.0 Å². The third-order valence-corrected chi connectivity index (χ3v) is 4.93. The van der Waals surface area contributed by atoms with Crippen molar-refractivity contribution < 1.29 is 0 Å². The normalized spacial score (nSPS) is 11.4. The van der Waals surface area contributed by atoms with E-state index in [2.05, 4.69) is 62.8 Å². The Bertz CT molecular complexity index is 763. The summed E-state index contributed by atoms with van der Waals surface area (Å²) in [6.07, 6.45) is 3.35. The summed E-state index contributed by atoms with van der Waals surface area (Å²) in [5.74, 6) is 1.01. The second-order valence-corrected chi connectivity index (χ2v) is 6.48. The first-order valence-electron chi connectivity index (χ1n) is 7.92. The number of hydrogen-bond acceptors (Lipinski definition) is 5. The van der Waals surface area contributed by atoms with Crippen LogP contribution in [0.5, 0.6) is 0 Å². The number of nitrogens with one attached hydrogen (secondary N) is 1. The van der Waals surface area contributed by atoms with Gasteiger partial charge in [0, 0.05) is 43.0 Å². The van der Waals surface area contributed by atoms with E-state index in [1.807, 2.05) is 7.05 Å². The standard InChI is InChI=1S/C16H22N6S/c1-3-22-12-13(14-7-4-5-8-15(14)22)11-17-9-6-10-23-16-18-19-20-21(16)2/h4-5,7-8,12,17H,3,6,9-11H2,1-2H3. The second kappa shape index (κ2) is 7.61. The van der Waals surface area contributed by atoms with Gasteiger partial charge in [0.1, 0.15) is 0 Å². The molecule has 0 bridgehead atoms. The first kappa shape index (κ1) is 16.0. The molecule has 6 nitrogen and oxygen atoms in total. The van der Waals surface area contributed by atoms with E-state index in [-0.39, 0.29) is 0 Å². The van der Waals surface area contributed by atoms with E-state index in [1.54, 1.807) is 16.4 Å². The SMILES string of the molecule is CCn1cc(CNCCCSc2nnnn2C)c2ccccc21. The molecule has 0 amide bonds. The molecule has 0 saturated carbocycles. The maximum atomic E-state index is 3.97. The lowest BCUT2D eigenvalue weighted by molar-refractivity contribution is 0.660. The molecule has 3 aromatic rings. The van der Waals surface area contributed by atoms with Crippen LogP contribution in [0.4, 0.5) is 0 Å². The van der Waals surface area contributed by atoms with Gasteiger partial charge in [-0.25, -0.2) is 4.68 Å². The second-order valence-electron chi connectivity index (χ2n) is 5.42. The van der Waals surface area contributed by atoms with Crippen molar-refractivity contribution in [2.75, 3.05) is 12.3 Å². The molecule has 2 heterocycles. The fourth-order valence-electron chi connectivity index (χ4n) is 2.65. The molecule has 0 aliphatic carbocycles. The van der Waals surface area contributed by atoms with Crippen molar-refractivity contribution in [2.45, 2.75) is 31.6 Å². The molecule has 0 spiro atoms. The van der Waals surface area contributed by atoms with Crippen LogP contribution in [0.3, 0.4) is 0 Å². The number of nitrogens with zero attached hydrogens (tertiary/aromatic N) is 5. The third-order valence-electron chi connectivity index (χ3n) is 3.84. The monoisotopic (exact) mass is 330 g/mol. The summed E-state index contributed by atoms with van der Waals surface area (Å²) in [7, 11) is 1.87.